The molecule has 3 rings (SSSR count). The standard InChI is InChI=1S/C19H19BrN2O3S/c1-3-25-15-8-9-16-17(12-15)26-19(22(16)10-11-24-2)21-18(23)13-4-6-14(20)7-5-13/h4-9,12H,3,10-11H2,1-2H3. The van der Waals surface area contributed by atoms with Gasteiger partial charge in [-0.05, 0) is 49.4 Å². The molecule has 0 fully saturated rings. The van der Waals surface area contributed by atoms with E-state index in [2.05, 4.69) is 20.9 Å². The van der Waals surface area contributed by atoms with E-state index in [4.69, 9.17) is 9.47 Å². The van der Waals surface area contributed by atoms with Crippen LogP contribution in [-0.2, 0) is 11.3 Å². The molecular weight excluding hydrogens is 416 g/mol. The van der Waals surface area contributed by atoms with Crippen molar-refractivity contribution in [2.75, 3.05) is 20.3 Å². The van der Waals surface area contributed by atoms with Gasteiger partial charge in [0.15, 0.2) is 4.80 Å². The Morgan fingerprint density at radius 3 is 2.69 bits per heavy atom. The molecule has 1 amide bonds. The molecule has 0 atom stereocenters. The Hall–Kier alpha value is -1.96. The molecule has 5 nitrogen and oxygen atoms in total. The van der Waals surface area contributed by atoms with Crippen LogP contribution in [0, 0.1) is 0 Å². The first-order valence-corrected chi connectivity index (χ1v) is 9.83. The number of carbonyl (C=O) groups excluding carboxylic acids is 1. The summed E-state index contributed by atoms with van der Waals surface area (Å²) in [6.07, 6.45) is 0. The second kappa shape index (κ2) is 8.62. The largest absolute Gasteiger partial charge is 0.494 e. The number of fused-ring (bicyclic) bond motifs is 1. The minimum absolute atomic E-state index is 0.264. The fourth-order valence-corrected chi connectivity index (χ4v) is 3.89. The van der Waals surface area contributed by atoms with E-state index in [0.717, 1.165) is 20.4 Å². The van der Waals surface area contributed by atoms with Crippen LogP contribution < -0.4 is 9.54 Å². The summed E-state index contributed by atoms with van der Waals surface area (Å²) in [5.41, 5.74) is 1.57. The van der Waals surface area contributed by atoms with Crippen LogP contribution in [-0.4, -0.2) is 30.8 Å². The summed E-state index contributed by atoms with van der Waals surface area (Å²) in [5.74, 6) is 0.547. The van der Waals surface area contributed by atoms with E-state index in [1.807, 2.05) is 41.8 Å². The molecule has 0 bridgehead atoms. The third-order valence-electron chi connectivity index (χ3n) is 3.77. The van der Waals surface area contributed by atoms with Crippen molar-refractivity contribution in [1.82, 2.24) is 4.57 Å². The van der Waals surface area contributed by atoms with E-state index < -0.39 is 0 Å². The number of nitrogens with zero attached hydrogens (tertiary/aromatic N) is 2. The van der Waals surface area contributed by atoms with E-state index in [0.29, 0.717) is 30.1 Å². The van der Waals surface area contributed by atoms with Gasteiger partial charge >= 0.3 is 0 Å². The van der Waals surface area contributed by atoms with Crippen molar-refractivity contribution in [2.45, 2.75) is 13.5 Å². The van der Waals surface area contributed by atoms with Crippen molar-refractivity contribution >= 4 is 43.4 Å². The van der Waals surface area contributed by atoms with Crippen molar-refractivity contribution < 1.29 is 14.3 Å². The van der Waals surface area contributed by atoms with Crippen LogP contribution in [0.3, 0.4) is 0 Å². The van der Waals surface area contributed by atoms with Crippen LogP contribution in [0.4, 0.5) is 0 Å². The molecule has 0 spiro atoms. The fraction of sp³-hybridized carbons (Fsp3) is 0.263. The predicted octanol–water partition coefficient (Wildman–Crippen LogP) is 4.25. The number of benzene rings is 2. The van der Waals surface area contributed by atoms with Crippen molar-refractivity contribution in [2.24, 2.45) is 4.99 Å². The minimum atomic E-state index is -0.264. The Bertz CT molecular complexity index is 977. The number of amides is 1. The maximum absolute atomic E-state index is 12.6. The maximum atomic E-state index is 12.6. The minimum Gasteiger partial charge on any atom is -0.494 e. The molecule has 0 aliphatic heterocycles. The summed E-state index contributed by atoms with van der Waals surface area (Å²) in [6, 6.07) is 13.1. The number of hydrogen-bond acceptors (Lipinski definition) is 4. The zero-order valence-electron chi connectivity index (χ0n) is 14.6. The first kappa shape index (κ1) is 18.8. The molecule has 0 unspecified atom stereocenters. The van der Waals surface area contributed by atoms with Gasteiger partial charge in [-0.15, -0.1) is 0 Å². The third-order valence-corrected chi connectivity index (χ3v) is 5.34. The molecule has 3 aromatic rings. The van der Waals surface area contributed by atoms with Gasteiger partial charge in [0.25, 0.3) is 5.91 Å². The van der Waals surface area contributed by atoms with Crippen LogP contribution in [0.25, 0.3) is 10.2 Å². The molecule has 0 aliphatic rings. The Kier molecular flexibility index (Phi) is 6.24. The summed E-state index contributed by atoms with van der Waals surface area (Å²) in [5, 5.41) is 0. The molecule has 0 saturated heterocycles. The monoisotopic (exact) mass is 434 g/mol. The number of thiazole rings is 1. The van der Waals surface area contributed by atoms with E-state index >= 15 is 0 Å². The summed E-state index contributed by atoms with van der Waals surface area (Å²) in [6.45, 7) is 3.73. The highest BCUT2D eigenvalue weighted by Crippen LogP contribution is 2.23. The number of halogens is 1. The topological polar surface area (TPSA) is 52.8 Å². The number of rotatable bonds is 6. The van der Waals surface area contributed by atoms with Crippen molar-refractivity contribution in [1.29, 1.82) is 0 Å². The molecular formula is C19H19BrN2O3S. The number of carbonyl (C=O) groups is 1. The van der Waals surface area contributed by atoms with Crippen molar-refractivity contribution in [3.05, 3.63) is 57.3 Å². The van der Waals surface area contributed by atoms with Gasteiger partial charge in [0.2, 0.25) is 0 Å². The highest BCUT2D eigenvalue weighted by atomic mass is 79.9. The number of ether oxygens (including phenoxy) is 2. The molecule has 26 heavy (non-hydrogen) atoms. The summed E-state index contributed by atoms with van der Waals surface area (Å²) < 4.78 is 14.7. The van der Waals surface area contributed by atoms with E-state index in [-0.39, 0.29) is 5.91 Å². The number of aromatic nitrogens is 1. The fourth-order valence-electron chi connectivity index (χ4n) is 2.54. The molecule has 0 saturated carbocycles. The van der Waals surface area contributed by atoms with Crippen LogP contribution in [0.15, 0.2) is 51.9 Å². The summed E-state index contributed by atoms with van der Waals surface area (Å²) in [4.78, 5) is 17.6. The van der Waals surface area contributed by atoms with Crippen LogP contribution in [0.1, 0.15) is 17.3 Å². The van der Waals surface area contributed by atoms with Crippen LogP contribution in [0.2, 0.25) is 0 Å². The number of hydrogen-bond donors (Lipinski definition) is 0. The molecule has 7 heteroatoms. The second-order valence-corrected chi connectivity index (χ2v) is 7.44. The van der Waals surface area contributed by atoms with E-state index in [1.54, 1.807) is 19.2 Å². The Labute approximate surface area is 164 Å². The second-order valence-electron chi connectivity index (χ2n) is 5.52. The highest BCUT2D eigenvalue weighted by molar-refractivity contribution is 9.10. The Morgan fingerprint density at radius 1 is 1.23 bits per heavy atom. The lowest BCUT2D eigenvalue weighted by Crippen LogP contribution is -2.19. The SMILES string of the molecule is CCOc1ccc2c(c1)sc(=NC(=O)c1ccc(Br)cc1)n2CCOC. The van der Waals surface area contributed by atoms with Gasteiger partial charge in [0, 0.05) is 23.7 Å². The third kappa shape index (κ3) is 4.23. The van der Waals surface area contributed by atoms with E-state index in [9.17, 15) is 4.79 Å². The van der Waals surface area contributed by atoms with Crippen LogP contribution in [0.5, 0.6) is 5.75 Å². The van der Waals surface area contributed by atoms with Gasteiger partial charge in [-0.25, -0.2) is 0 Å². The lowest BCUT2D eigenvalue weighted by Gasteiger charge is -2.05. The average molecular weight is 435 g/mol. The molecule has 136 valence electrons. The van der Waals surface area contributed by atoms with E-state index in [1.165, 1.54) is 11.3 Å². The van der Waals surface area contributed by atoms with Gasteiger partial charge in [0.05, 0.1) is 23.4 Å². The quantitative estimate of drug-likeness (QED) is 0.582. The molecule has 0 N–H and O–H groups in total. The average Bonchev–Trinajstić information content (AvgIpc) is 2.97. The molecule has 1 aromatic heterocycles. The van der Waals surface area contributed by atoms with Gasteiger partial charge < -0.3 is 14.0 Å². The Morgan fingerprint density at radius 2 is 2.00 bits per heavy atom. The van der Waals surface area contributed by atoms with Gasteiger partial charge in [-0.1, -0.05) is 27.3 Å². The summed E-state index contributed by atoms with van der Waals surface area (Å²) in [7, 11) is 1.66. The first-order chi connectivity index (χ1) is 12.6. The molecule has 0 aliphatic carbocycles. The molecule has 2 aromatic carbocycles. The zero-order valence-corrected chi connectivity index (χ0v) is 17.0. The smallest absolute Gasteiger partial charge is 0.279 e. The highest BCUT2D eigenvalue weighted by Gasteiger charge is 2.10. The normalized spacial score (nSPS) is 11.9. The number of methoxy groups -OCH3 is 1. The van der Waals surface area contributed by atoms with Gasteiger partial charge in [-0.3, -0.25) is 4.79 Å². The lowest BCUT2D eigenvalue weighted by molar-refractivity contribution is 0.0997. The van der Waals surface area contributed by atoms with Gasteiger partial charge in [0.1, 0.15) is 5.75 Å². The molecule has 0 radical (unpaired) electrons. The zero-order chi connectivity index (χ0) is 18.5. The summed E-state index contributed by atoms with van der Waals surface area (Å²) >= 11 is 4.85. The van der Waals surface area contributed by atoms with Crippen LogP contribution >= 0.6 is 27.3 Å². The molecule has 1 heterocycles. The Balaban J connectivity index is 2.07. The lowest BCUT2D eigenvalue weighted by atomic mass is 10.2. The first-order valence-electron chi connectivity index (χ1n) is 8.22. The van der Waals surface area contributed by atoms with Gasteiger partial charge in [-0.2, -0.15) is 4.99 Å². The maximum Gasteiger partial charge on any atom is 0.279 e. The van der Waals surface area contributed by atoms with Crippen molar-refractivity contribution in [3.8, 4) is 5.75 Å². The predicted molar refractivity (Wildman–Crippen MR) is 107 cm³/mol. The van der Waals surface area contributed by atoms with Crippen molar-refractivity contribution in [3.63, 3.8) is 0 Å².